The Morgan fingerprint density at radius 2 is 1.68 bits per heavy atom. The Morgan fingerprint density at radius 1 is 1.00 bits per heavy atom. The number of hydrogen-bond donors (Lipinski definition) is 1. The molecular formula is C13H11N5O. The Kier molecular flexibility index (Phi) is 2.68. The van der Waals surface area contributed by atoms with E-state index in [1.807, 2.05) is 19.1 Å². The lowest BCUT2D eigenvalue weighted by atomic mass is 10.2. The number of aryl methyl sites for hydroxylation is 1. The van der Waals surface area contributed by atoms with Crippen molar-refractivity contribution in [3.05, 3.63) is 42.2 Å². The van der Waals surface area contributed by atoms with Gasteiger partial charge in [0.2, 0.25) is 11.6 Å². The van der Waals surface area contributed by atoms with Crippen LogP contribution in [-0.2, 0) is 0 Å². The molecule has 2 aromatic heterocycles. The Morgan fingerprint density at radius 3 is 2.37 bits per heavy atom. The third kappa shape index (κ3) is 2.28. The number of rotatable bonds is 2. The molecule has 2 N–H and O–H groups in total. The van der Waals surface area contributed by atoms with E-state index in [1.165, 1.54) is 0 Å². The highest BCUT2D eigenvalue weighted by Crippen LogP contribution is 2.21. The highest BCUT2D eigenvalue weighted by molar-refractivity contribution is 5.58. The number of hydrogen-bond acceptors (Lipinski definition) is 6. The predicted molar refractivity (Wildman–Crippen MR) is 69.9 cm³/mol. The van der Waals surface area contributed by atoms with Crippen LogP contribution in [0, 0.1) is 6.92 Å². The van der Waals surface area contributed by atoms with E-state index >= 15 is 0 Å². The molecular weight excluding hydrogens is 242 g/mol. The molecule has 19 heavy (non-hydrogen) atoms. The summed E-state index contributed by atoms with van der Waals surface area (Å²) in [7, 11) is 0. The van der Waals surface area contributed by atoms with E-state index in [0.29, 0.717) is 23.2 Å². The van der Waals surface area contributed by atoms with Crippen molar-refractivity contribution in [3.8, 4) is 23.1 Å². The van der Waals surface area contributed by atoms with Gasteiger partial charge in [0.1, 0.15) is 0 Å². The fourth-order valence-corrected chi connectivity index (χ4v) is 1.57. The van der Waals surface area contributed by atoms with Crippen LogP contribution in [0.3, 0.4) is 0 Å². The minimum absolute atomic E-state index is 0.367. The summed E-state index contributed by atoms with van der Waals surface area (Å²) in [6.45, 7) is 1.92. The summed E-state index contributed by atoms with van der Waals surface area (Å²) >= 11 is 0. The largest absolute Gasteiger partial charge is 0.399 e. The molecule has 0 atom stereocenters. The smallest absolute Gasteiger partial charge is 0.258 e. The molecule has 0 aliphatic rings. The first-order valence-corrected chi connectivity index (χ1v) is 5.71. The molecule has 0 saturated carbocycles. The van der Waals surface area contributed by atoms with Gasteiger partial charge in [0, 0.05) is 23.6 Å². The van der Waals surface area contributed by atoms with Crippen molar-refractivity contribution in [1.29, 1.82) is 0 Å². The zero-order valence-corrected chi connectivity index (χ0v) is 10.2. The molecule has 0 unspecified atom stereocenters. The summed E-state index contributed by atoms with van der Waals surface area (Å²) in [5, 5.41) is 3.87. The first kappa shape index (κ1) is 11.3. The number of aromatic nitrogens is 4. The van der Waals surface area contributed by atoms with Crippen LogP contribution in [0.5, 0.6) is 0 Å². The molecule has 3 rings (SSSR count). The molecule has 0 spiro atoms. The van der Waals surface area contributed by atoms with Gasteiger partial charge < -0.3 is 10.3 Å². The van der Waals surface area contributed by atoms with Crippen LogP contribution >= 0.6 is 0 Å². The Hall–Kier alpha value is -2.76. The van der Waals surface area contributed by atoms with E-state index in [9.17, 15) is 0 Å². The summed E-state index contributed by atoms with van der Waals surface area (Å²) in [4.78, 5) is 12.6. The molecule has 0 saturated heterocycles. The number of nitrogen functional groups attached to an aromatic ring is 1. The minimum atomic E-state index is 0.367. The number of nitrogens with zero attached hydrogens (tertiary/aromatic N) is 4. The lowest BCUT2D eigenvalue weighted by Gasteiger charge is -1.94. The summed E-state index contributed by atoms with van der Waals surface area (Å²) in [6.07, 6.45) is 3.42. The number of nitrogens with two attached hydrogens (primary N) is 1. The lowest BCUT2D eigenvalue weighted by molar-refractivity contribution is 0.432. The molecule has 0 aliphatic heterocycles. The molecule has 1 aromatic carbocycles. The summed E-state index contributed by atoms with van der Waals surface area (Å²) in [5.41, 5.74) is 8.10. The summed E-state index contributed by atoms with van der Waals surface area (Å²) < 4.78 is 5.19. The van der Waals surface area contributed by atoms with E-state index in [2.05, 4.69) is 20.1 Å². The summed E-state index contributed by atoms with van der Waals surface area (Å²) in [6, 6.07) is 7.20. The molecule has 6 nitrogen and oxygen atoms in total. The van der Waals surface area contributed by atoms with Gasteiger partial charge in [-0.3, -0.25) is 0 Å². The first-order chi connectivity index (χ1) is 9.22. The van der Waals surface area contributed by atoms with E-state index in [1.54, 1.807) is 24.5 Å². The molecule has 6 heteroatoms. The second kappa shape index (κ2) is 4.49. The maximum Gasteiger partial charge on any atom is 0.258 e. The van der Waals surface area contributed by atoms with Gasteiger partial charge in [0.25, 0.3) is 5.89 Å². The van der Waals surface area contributed by atoms with Crippen LogP contribution in [-0.4, -0.2) is 20.1 Å². The molecule has 2 heterocycles. The van der Waals surface area contributed by atoms with Gasteiger partial charge in [-0.25, -0.2) is 9.97 Å². The van der Waals surface area contributed by atoms with Gasteiger partial charge in [-0.15, -0.1) is 0 Å². The Bertz CT molecular complexity index is 628. The maximum absolute atomic E-state index is 5.63. The van der Waals surface area contributed by atoms with Crippen molar-refractivity contribution in [3.63, 3.8) is 0 Å². The topological polar surface area (TPSA) is 90.7 Å². The van der Waals surface area contributed by atoms with Gasteiger partial charge in [0.15, 0.2) is 0 Å². The zero-order chi connectivity index (χ0) is 13.2. The molecule has 3 aromatic rings. The van der Waals surface area contributed by atoms with Crippen LogP contribution in [0.4, 0.5) is 5.69 Å². The Labute approximate surface area is 109 Å². The number of benzene rings is 1. The van der Waals surface area contributed by atoms with Crippen molar-refractivity contribution in [2.24, 2.45) is 0 Å². The molecule has 0 aliphatic carbocycles. The second-order valence-corrected chi connectivity index (χ2v) is 4.13. The lowest BCUT2D eigenvalue weighted by Crippen LogP contribution is -1.90. The SMILES string of the molecule is Cc1cnc(-c2noc(-c3ccc(N)cc3)n2)nc1. The van der Waals surface area contributed by atoms with Gasteiger partial charge in [-0.1, -0.05) is 5.16 Å². The van der Waals surface area contributed by atoms with Crippen LogP contribution in [0.1, 0.15) is 5.56 Å². The standard InChI is InChI=1S/C13H11N5O/c1-8-6-15-11(16-7-8)12-17-13(19-18-12)9-2-4-10(14)5-3-9/h2-7H,14H2,1H3. The molecule has 0 radical (unpaired) electrons. The predicted octanol–water partition coefficient (Wildman–Crippen LogP) is 2.08. The summed E-state index contributed by atoms with van der Waals surface area (Å²) in [5.74, 6) is 1.22. The van der Waals surface area contributed by atoms with Crippen molar-refractivity contribution in [2.75, 3.05) is 5.73 Å². The van der Waals surface area contributed by atoms with E-state index in [0.717, 1.165) is 11.1 Å². The van der Waals surface area contributed by atoms with E-state index < -0.39 is 0 Å². The average Bonchev–Trinajstić information content (AvgIpc) is 2.90. The maximum atomic E-state index is 5.63. The number of anilines is 1. The fourth-order valence-electron chi connectivity index (χ4n) is 1.57. The first-order valence-electron chi connectivity index (χ1n) is 5.71. The minimum Gasteiger partial charge on any atom is -0.399 e. The second-order valence-electron chi connectivity index (χ2n) is 4.13. The van der Waals surface area contributed by atoms with E-state index in [-0.39, 0.29) is 0 Å². The van der Waals surface area contributed by atoms with Crippen molar-refractivity contribution >= 4 is 5.69 Å². The highest BCUT2D eigenvalue weighted by Gasteiger charge is 2.12. The average molecular weight is 253 g/mol. The zero-order valence-electron chi connectivity index (χ0n) is 10.2. The van der Waals surface area contributed by atoms with Crippen LogP contribution in [0.15, 0.2) is 41.2 Å². The molecule has 0 bridgehead atoms. The Balaban J connectivity index is 1.95. The third-order valence-electron chi connectivity index (χ3n) is 2.56. The van der Waals surface area contributed by atoms with Crippen LogP contribution in [0.25, 0.3) is 23.1 Å². The van der Waals surface area contributed by atoms with Crippen molar-refractivity contribution in [1.82, 2.24) is 20.1 Å². The molecule has 0 fully saturated rings. The van der Waals surface area contributed by atoms with Gasteiger partial charge in [0.05, 0.1) is 0 Å². The fraction of sp³-hybridized carbons (Fsp3) is 0.0769. The van der Waals surface area contributed by atoms with Crippen LogP contribution < -0.4 is 5.73 Å². The van der Waals surface area contributed by atoms with Crippen LogP contribution in [0.2, 0.25) is 0 Å². The monoisotopic (exact) mass is 253 g/mol. The van der Waals surface area contributed by atoms with Gasteiger partial charge >= 0.3 is 0 Å². The normalized spacial score (nSPS) is 10.6. The van der Waals surface area contributed by atoms with Crippen molar-refractivity contribution in [2.45, 2.75) is 6.92 Å². The third-order valence-corrected chi connectivity index (χ3v) is 2.56. The van der Waals surface area contributed by atoms with Crippen molar-refractivity contribution < 1.29 is 4.52 Å². The quantitative estimate of drug-likeness (QED) is 0.703. The molecule has 0 amide bonds. The van der Waals surface area contributed by atoms with E-state index in [4.69, 9.17) is 10.3 Å². The highest BCUT2D eigenvalue weighted by atomic mass is 16.5. The van der Waals surface area contributed by atoms with Gasteiger partial charge in [-0.05, 0) is 36.8 Å². The molecule has 94 valence electrons. The van der Waals surface area contributed by atoms with Gasteiger partial charge in [-0.2, -0.15) is 4.98 Å².